The zero-order valence-corrected chi connectivity index (χ0v) is 12.2. The highest BCUT2D eigenvalue weighted by Gasteiger charge is 2.43. The number of alkyl halides is 1. The van der Waals surface area contributed by atoms with Crippen LogP contribution in [-0.4, -0.2) is 29.8 Å². The standard InChI is InChI=1S/C18H18FNO2/c19-16-12-20(17(16)11-14-7-3-1-4-8-14)18(21)22-13-15-9-5-2-6-10-15/h1-10,16-17H,11-13H2/t16?,17-/m1/s1. The van der Waals surface area contributed by atoms with Crippen molar-refractivity contribution < 1.29 is 13.9 Å². The molecule has 2 atom stereocenters. The highest BCUT2D eigenvalue weighted by Crippen LogP contribution is 2.26. The third-order valence-corrected chi connectivity index (χ3v) is 3.92. The van der Waals surface area contributed by atoms with Gasteiger partial charge in [0.2, 0.25) is 0 Å². The van der Waals surface area contributed by atoms with Gasteiger partial charge in [0, 0.05) is 0 Å². The zero-order chi connectivity index (χ0) is 15.4. The van der Waals surface area contributed by atoms with E-state index in [2.05, 4.69) is 0 Å². The molecule has 0 saturated carbocycles. The Labute approximate surface area is 129 Å². The Hall–Kier alpha value is -2.36. The summed E-state index contributed by atoms with van der Waals surface area (Å²) in [5.74, 6) is 0. The van der Waals surface area contributed by atoms with Gasteiger partial charge in [-0.05, 0) is 17.5 Å². The molecule has 1 unspecified atom stereocenters. The molecule has 1 aliphatic heterocycles. The summed E-state index contributed by atoms with van der Waals surface area (Å²) in [6.07, 6.45) is -0.911. The molecule has 0 aromatic heterocycles. The van der Waals surface area contributed by atoms with Crippen LogP contribution < -0.4 is 0 Å². The van der Waals surface area contributed by atoms with Crippen molar-refractivity contribution in [3.63, 3.8) is 0 Å². The number of likely N-dealkylation sites (tertiary alicyclic amines) is 1. The Morgan fingerprint density at radius 3 is 2.23 bits per heavy atom. The van der Waals surface area contributed by atoms with Crippen LogP contribution in [0.3, 0.4) is 0 Å². The van der Waals surface area contributed by atoms with Gasteiger partial charge in [-0.15, -0.1) is 0 Å². The van der Waals surface area contributed by atoms with Gasteiger partial charge in [0.05, 0.1) is 12.6 Å². The molecule has 22 heavy (non-hydrogen) atoms. The van der Waals surface area contributed by atoms with E-state index >= 15 is 0 Å². The summed E-state index contributed by atoms with van der Waals surface area (Å²) < 4.78 is 19.1. The molecule has 0 radical (unpaired) electrons. The lowest BCUT2D eigenvalue weighted by Gasteiger charge is -2.43. The first-order chi connectivity index (χ1) is 10.7. The van der Waals surface area contributed by atoms with Crippen LogP contribution in [0.15, 0.2) is 60.7 Å². The molecule has 0 bridgehead atoms. The number of amides is 1. The Morgan fingerprint density at radius 1 is 1.05 bits per heavy atom. The van der Waals surface area contributed by atoms with E-state index in [0.717, 1.165) is 11.1 Å². The maximum absolute atomic E-state index is 13.8. The van der Waals surface area contributed by atoms with Gasteiger partial charge < -0.3 is 4.74 Å². The molecule has 0 aliphatic carbocycles. The molecule has 1 saturated heterocycles. The number of ether oxygens (including phenoxy) is 1. The SMILES string of the molecule is O=C(OCc1ccccc1)N1CC(F)[C@H]1Cc1ccccc1. The Bertz CT molecular complexity index is 617. The first-order valence-electron chi connectivity index (χ1n) is 7.39. The quantitative estimate of drug-likeness (QED) is 0.863. The van der Waals surface area contributed by atoms with Crippen LogP contribution in [0.4, 0.5) is 9.18 Å². The summed E-state index contributed by atoms with van der Waals surface area (Å²) in [5, 5.41) is 0. The molecular formula is C18H18FNO2. The van der Waals surface area contributed by atoms with Crippen LogP contribution in [-0.2, 0) is 17.8 Å². The fraction of sp³-hybridized carbons (Fsp3) is 0.278. The molecule has 2 aromatic rings. The van der Waals surface area contributed by atoms with E-state index in [1.807, 2.05) is 60.7 Å². The second-order valence-corrected chi connectivity index (χ2v) is 5.47. The molecule has 3 nitrogen and oxygen atoms in total. The van der Waals surface area contributed by atoms with Gasteiger partial charge in [0.25, 0.3) is 0 Å². The second kappa shape index (κ2) is 6.60. The number of rotatable bonds is 4. The van der Waals surface area contributed by atoms with Crippen LogP contribution in [0.1, 0.15) is 11.1 Å². The summed E-state index contributed by atoms with van der Waals surface area (Å²) in [7, 11) is 0. The Morgan fingerprint density at radius 2 is 1.64 bits per heavy atom. The van der Waals surface area contributed by atoms with Crippen molar-refractivity contribution in [3.05, 3.63) is 71.8 Å². The Kier molecular flexibility index (Phi) is 4.37. The summed E-state index contributed by atoms with van der Waals surface area (Å²) in [6.45, 7) is 0.330. The van der Waals surface area contributed by atoms with Gasteiger partial charge in [-0.1, -0.05) is 60.7 Å². The van der Waals surface area contributed by atoms with Crippen molar-refractivity contribution in [3.8, 4) is 0 Å². The minimum absolute atomic E-state index is 0.116. The predicted molar refractivity (Wildman–Crippen MR) is 82.2 cm³/mol. The number of hydrogen-bond donors (Lipinski definition) is 0. The van der Waals surface area contributed by atoms with E-state index in [1.165, 1.54) is 4.90 Å². The van der Waals surface area contributed by atoms with Gasteiger partial charge in [0.1, 0.15) is 12.8 Å². The molecule has 2 aromatic carbocycles. The van der Waals surface area contributed by atoms with Gasteiger partial charge in [-0.25, -0.2) is 9.18 Å². The molecule has 3 rings (SSSR count). The van der Waals surface area contributed by atoms with Crippen molar-refractivity contribution >= 4 is 6.09 Å². The Balaban J connectivity index is 1.56. The van der Waals surface area contributed by atoms with Crippen molar-refractivity contribution in [2.75, 3.05) is 6.54 Å². The van der Waals surface area contributed by atoms with Crippen molar-refractivity contribution in [1.82, 2.24) is 4.90 Å². The zero-order valence-electron chi connectivity index (χ0n) is 12.2. The predicted octanol–water partition coefficient (Wildman–Crippen LogP) is 3.59. The smallest absolute Gasteiger partial charge is 0.410 e. The van der Waals surface area contributed by atoms with Crippen LogP contribution in [0.5, 0.6) is 0 Å². The average molecular weight is 299 g/mol. The topological polar surface area (TPSA) is 29.5 Å². The number of hydrogen-bond acceptors (Lipinski definition) is 2. The van der Waals surface area contributed by atoms with E-state index in [9.17, 15) is 9.18 Å². The summed E-state index contributed by atoms with van der Waals surface area (Å²) in [4.78, 5) is 13.6. The summed E-state index contributed by atoms with van der Waals surface area (Å²) in [6, 6.07) is 18.7. The number of nitrogens with zero attached hydrogens (tertiary/aromatic N) is 1. The highest BCUT2D eigenvalue weighted by molar-refractivity contribution is 5.69. The van der Waals surface area contributed by atoms with Gasteiger partial charge in [0.15, 0.2) is 0 Å². The van der Waals surface area contributed by atoms with E-state index in [0.29, 0.717) is 6.42 Å². The van der Waals surface area contributed by atoms with Gasteiger partial charge in [-0.2, -0.15) is 0 Å². The molecule has 1 aliphatic rings. The van der Waals surface area contributed by atoms with Crippen LogP contribution in [0.2, 0.25) is 0 Å². The molecule has 1 heterocycles. The maximum Gasteiger partial charge on any atom is 0.410 e. The molecule has 4 heteroatoms. The van der Waals surface area contributed by atoms with E-state index in [1.54, 1.807) is 0 Å². The van der Waals surface area contributed by atoms with Crippen molar-refractivity contribution in [2.24, 2.45) is 0 Å². The minimum Gasteiger partial charge on any atom is -0.445 e. The van der Waals surface area contributed by atoms with Crippen molar-refractivity contribution in [1.29, 1.82) is 0 Å². The molecule has 0 N–H and O–H groups in total. The number of carbonyl (C=O) groups excluding carboxylic acids is 1. The lowest BCUT2D eigenvalue weighted by molar-refractivity contribution is -0.0132. The summed E-state index contributed by atoms with van der Waals surface area (Å²) in [5.41, 5.74) is 1.95. The van der Waals surface area contributed by atoms with E-state index in [4.69, 9.17) is 4.74 Å². The van der Waals surface area contributed by atoms with Gasteiger partial charge in [-0.3, -0.25) is 4.90 Å². The van der Waals surface area contributed by atoms with E-state index < -0.39 is 18.3 Å². The minimum atomic E-state index is -0.982. The maximum atomic E-state index is 13.8. The second-order valence-electron chi connectivity index (χ2n) is 5.47. The number of benzene rings is 2. The lowest BCUT2D eigenvalue weighted by Crippen LogP contribution is -2.61. The largest absolute Gasteiger partial charge is 0.445 e. The fourth-order valence-electron chi connectivity index (χ4n) is 2.61. The third-order valence-electron chi connectivity index (χ3n) is 3.92. The molecule has 114 valence electrons. The van der Waals surface area contributed by atoms with Gasteiger partial charge >= 0.3 is 6.09 Å². The monoisotopic (exact) mass is 299 g/mol. The van der Waals surface area contributed by atoms with Crippen LogP contribution >= 0.6 is 0 Å². The number of halogens is 1. The van der Waals surface area contributed by atoms with E-state index in [-0.39, 0.29) is 13.2 Å². The molecule has 1 amide bonds. The van der Waals surface area contributed by atoms with Crippen molar-refractivity contribution in [2.45, 2.75) is 25.2 Å². The fourth-order valence-corrected chi connectivity index (χ4v) is 2.61. The normalized spacial score (nSPS) is 20.3. The third kappa shape index (κ3) is 3.27. The lowest BCUT2D eigenvalue weighted by atomic mass is 9.94. The first kappa shape index (κ1) is 14.6. The van der Waals surface area contributed by atoms with Crippen LogP contribution in [0, 0.1) is 0 Å². The molecule has 1 fully saturated rings. The molecule has 0 spiro atoms. The van der Waals surface area contributed by atoms with Crippen LogP contribution in [0.25, 0.3) is 0 Å². The number of carbonyl (C=O) groups is 1. The molecular weight excluding hydrogens is 281 g/mol. The summed E-state index contributed by atoms with van der Waals surface area (Å²) >= 11 is 0. The average Bonchev–Trinajstić information content (AvgIpc) is 2.57. The first-order valence-corrected chi connectivity index (χ1v) is 7.39. The highest BCUT2D eigenvalue weighted by atomic mass is 19.1.